The molecule has 0 aliphatic carbocycles. The molecule has 0 unspecified atom stereocenters. The maximum Gasteiger partial charge on any atom is 0.255 e. The monoisotopic (exact) mass is 491 g/mol. The SMILES string of the molecule is O=C(Nc1ccccc1-c1csc(-c2ccccc2F)n1)c1ccc2noc(-c3ccccc3)c2c1. The smallest absolute Gasteiger partial charge is 0.255 e. The van der Waals surface area contributed by atoms with Crippen LogP contribution in [0.15, 0.2) is 107 Å². The maximum absolute atomic E-state index is 14.2. The van der Waals surface area contributed by atoms with Gasteiger partial charge in [0, 0.05) is 27.6 Å². The van der Waals surface area contributed by atoms with E-state index in [0.717, 1.165) is 16.5 Å². The van der Waals surface area contributed by atoms with E-state index in [1.54, 1.807) is 36.4 Å². The van der Waals surface area contributed by atoms with Crippen LogP contribution in [0.3, 0.4) is 0 Å². The minimum Gasteiger partial charge on any atom is -0.355 e. The van der Waals surface area contributed by atoms with Crippen LogP contribution in [0.25, 0.3) is 44.1 Å². The highest BCUT2D eigenvalue weighted by atomic mass is 32.1. The molecule has 174 valence electrons. The predicted molar refractivity (Wildman–Crippen MR) is 140 cm³/mol. The molecule has 7 heteroatoms. The Morgan fingerprint density at radius 1 is 0.861 bits per heavy atom. The molecule has 0 saturated heterocycles. The van der Waals surface area contributed by atoms with E-state index in [2.05, 4.69) is 15.5 Å². The number of nitrogens with one attached hydrogen (secondary N) is 1. The maximum atomic E-state index is 14.2. The van der Waals surface area contributed by atoms with E-state index in [-0.39, 0.29) is 11.7 Å². The summed E-state index contributed by atoms with van der Waals surface area (Å²) in [5, 5.41) is 10.3. The van der Waals surface area contributed by atoms with Crippen LogP contribution in [0, 0.1) is 5.82 Å². The Balaban J connectivity index is 1.31. The number of thiazole rings is 1. The minimum absolute atomic E-state index is 0.269. The normalized spacial score (nSPS) is 11.0. The molecule has 4 aromatic carbocycles. The van der Waals surface area contributed by atoms with Gasteiger partial charge >= 0.3 is 0 Å². The molecule has 0 radical (unpaired) electrons. The summed E-state index contributed by atoms with van der Waals surface area (Å²) in [6.45, 7) is 0. The Bertz CT molecular complexity index is 1710. The van der Waals surface area contributed by atoms with Gasteiger partial charge in [0.05, 0.1) is 16.8 Å². The molecule has 1 N–H and O–H groups in total. The first-order chi connectivity index (χ1) is 17.7. The summed E-state index contributed by atoms with van der Waals surface area (Å²) in [5.41, 5.74) is 4.51. The highest BCUT2D eigenvalue weighted by molar-refractivity contribution is 7.13. The van der Waals surface area contributed by atoms with Gasteiger partial charge in [-0.25, -0.2) is 9.37 Å². The summed E-state index contributed by atoms with van der Waals surface area (Å²) in [6.07, 6.45) is 0. The zero-order chi connectivity index (χ0) is 24.5. The van der Waals surface area contributed by atoms with E-state index in [1.165, 1.54) is 17.4 Å². The Morgan fingerprint density at radius 3 is 2.44 bits per heavy atom. The van der Waals surface area contributed by atoms with Crippen molar-refractivity contribution in [1.29, 1.82) is 0 Å². The number of benzene rings is 4. The Kier molecular flexibility index (Phi) is 5.59. The zero-order valence-electron chi connectivity index (χ0n) is 18.8. The van der Waals surface area contributed by atoms with Crippen molar-refractivity contribution < 1.29 is 13.7 Å². The number of fused-ring (bicyclic) bond motifs is 1. The average molecular weight is 492 g/mol. The van der Waals surface area contributed by atoms with Crippen LogP contribution in [-0.4, -0.2) is 16.0 Å². The molecule has 0 atom stereocenters. The summed E-state index contributed by atoms with van der Waals surface area (Å²) in [4.78, 5) is 17.9. The van der Waals surface area contributed by atoms with E-state index in [1.807, 2.05) is 60.0 Å². The van der Waals surface area contributed by atoms with Crippen LogP contribution in [-0.2, 0) is 0 Å². The van der Waals surface area contributed by atoms with Crippen molar-refractivity contribution in [3.8, 4) is 33.2 Å². The molecule has 0 saturated carbocycles. The van der Waals surface area contributed by atoms with E-state index in [9.17, 15) is 9.18 Å². The number of para-hydroxylation sites is 1. The molecule has 6 rings (SSSR count). The van der Waals surface area contributed by atoms with Gasteiger partial charge in [0.25, 0.3) is 5.91 Å². The third kappa shape index (κ3) is 4.06. The van der Waals surface area contributed by atoms with Gasteiger partial charge in [-0.15, -0.1) is 11.3 Å². The van der Waals surface area contributed by atoms with Crippen molar-refractivity contribution in [2.45, 2.75) is 0 Å². The van der Waals surface area contributed by atoms with Crippen LogP contribution >= 0.6 is 11.3 Å². The first-order valence-corrected chi connectivity index (χ1v) is 12.1. The fourth-order valence-electron chi connectivity index (χ4n) is 4.05. The summed E-state index contributed by atoms with van der Waals surface area (Å²) < 4.78 is 19.8. The van der Waals surface area contributed by atoms with Crippen molar-refractivity contribution >= 4 is 33.8 Å². The number of aromatic nitrogens is 2. The van der Waals surface area contributed by atoms with Crippen LogP contribution in [0.5, 0.6) is 0 Å². The average Bonchev–Trinajstić information content (AvgIpc) is 3.57. The number of carbonyl (C=O) groups excluding carboxylic acids is 1. The van der Waals surface area contributed by atoms with Gasteiger partial charge in [-0.3, -0.25) is 4.79 Å². The van der Waals surface area contributed by atoms with Gasteiger partial charge in [0.2, 0.25) is 0 Å². The lowest BCUT2D eigenvalue weighted by Gasteiger charge is -2.10. The van der Waals surface area contributed by atoms with Crippen molar-refractivity contribution in [3.63, 3.8) is 0 Å². The Hall–Kier alpha value is -4.62. The molecule has 2 aromatic heterocycles. The fraction of sp³-hybridized carbons (Fsp3) is 0. The third-order valence-electron chi connectivity index (χ3n) is 5.83. The molecule has 1 amide bonds. The topological polar surface area (TPSA) is 68.0 Å². The van der Waals surface area contributed by atoms with Gasteiger partial charge in [0.15, 0.2) is 5.76 Å². The molecule has 0 spiro atoms. The minimum atomic E-state index is -0.320. The van der Waals surface area contributed by atoms with Gasteiger partial charge in [-0.1, -0.05) is 65.8 Å². The second-order valence-electron chi connectivity index (χ2n) is 8.13. The van der Waals surface area contributed by atoms with Crippen LogP contribution in [0.2, 0.25) is 0 Å². The van der Waals surface area contributed by atoms with Gasteiger partial charge < -0.3 is 9.84 Å². The van der Waals surface area contributed by atoms with Crippen LogP contribution < -0.4 is 5.32 Å². The molecular formula is C29H18FN3O2S. The van der Waals surface area contributed by atoms with E-state index >= 15 is 0 Å². The van der Waals surface area contributed by atoms with E-state index in [4.69, 9.17) is 4.52 Å². The van der Waals surface area contributed by atoms with Gasteiger partial charge in [-0.05, 0) is 36.4 Å². The molecule has 5 nitrogen and oxygen atoms in total. The molecule has 6 aromatic rings. The quantitative estimate of drug-likeness (QED) is 0.269. The number of nitrogens with zero attached hydrogens (tertiary/aromatic N) is 2. The van der Waals surface area contributed by atoms with Crippen molar-refractivity contribution in [1.82, 2.24) is 10.1 Å². The summed E-state index contributed by atoms with van der Waals surface area (Å²) in [6, 6.07) is 28.9. The second-order valence-corrected chi connectivity index (χ2v) is 8.99. The fourth-order valence-corrected chi connectivity index (χ4v) is 4.89. The largest absolute Gasteiger partial charge is 0.355 e. The molecule has 0 aliphatic heterocycles. The summed E-state index contributed by atoms with van der Waals surface area (Å²) in [5.74, 6) is 0.0249. The number of hydrogen-bond acceptors (Lipinski definition) is 5. The third-order valence-corrected chi connectivity index (χ3v) is 6.71. The molecule has 0 fully saturated rings. The highest BCUT2D eigenvalue weighted by Gasteiger charge is 2.17. The predicted octanol–water partition coefficient (Wildman–Crippen LogP) is 7.68. The standard InChI is InChI=1S/C29H18FN3O2S/c30-23-12-6-4-10-20(23)29-32-26(17-36-29)21-11-5-7-13-24(21)31-28(34)19-14-15-25-22(16-19)27(35-33-25)18-8-2-1-3-9-18/h1-17H,(H,31,34). The van der Waals surface area contributed by atoms with E-state index < -0.39 is 0 Å². The van der Waals surface area contributed by atoms with Crippen LogP contribution in [0.1, 0.15) is 10.4 Å². The molecule has 0 aliphatic rings. The summed E-state index contributed by atoms with van der Waals surface area (Å²) >= 11 is 1.36. The Morgan fingerprint density at radius 2 is 1.61 bits per heavy atom. The number of halogens is 1. The number of amides is 1. The van der Waals surface area contributed by atoms with E-state index in [0.29, 0.717) is 38.8 Å². The first-order valence-electron chi connectivity index (χ1n) is 11.2. The number of anilines is 1. The first kappa shape index (κ1) is 21.9. The number of rotatable bonds is 5. The lowest BCUT2D eigenvalue weighted by atomic mass is 10.1. The van der Waals surface area contributed by atoms with Gasteiger partial charge in [0.1, 0.15) is 16.3 Å². The van der Waals surface area contributed by atoms with Crippen LogP contribution in [0.4, 0.5) is 10.1 Å². The zero-order valence-corrected chi connectivity index (χ0v) is 19.6. The van der Waals surface area contributed by atoms with Crippen molar-refractivity contribution in [3.05, 3.63) is 114 Å². The van der Waals surface area contributed by atoms with Gasteiger partial charge in [-0.2, -0.15) is 0 Å². The summed E-state index contributed by atoms with van der Waals surface area (Å²) in [7, 11) is 0. The molecular weight excluding hydrogens is 473 g/mol. The lowest BCUT2D eigenvalue weighted by Crippen LogP contribution is -2.12. The van der Waals surface area contributed by atoms with Crippen molar-refractivity contribution in [2.75, 3.05) is 5.32 Å². The number of hydrogen-bond donors (Lipinski definition) is 1. The molecule has 2 heterocycles. The second kappa shape index (κ2) is 9.20. The lowest BCUT2D eigenvalue weighted by molar-refractivity contribution is 0.102. The molecule has 36 heavy (non-hydrogen) atoms. The molecule has 0 bridgehead atoms. The highest BCUT2D eigenvalue weighted by Crippen LogP contribution is 2.34. The number of carbonyl (C=O) groups is 1. The van der Waals surface area contributed by atoms with Crippen molar-refractivity contribution in [2.24, 2.45) is 0 Å². The Labute approximate surface area is 209 Å².